The van der Waals surface area contributed by atoms with Crippen LogP contribution in [0, 0.1) is 19.8 Å². The van der Waals surface area contributed by atoms with Gasteiger partial charge in [-0.25, -0.2) is 19.6 Å². The number of hydrogen-bond donors (Lipinski definition) is 4. The molecule has 0 spiro atoms. The predicted octanol–water partition coefficient (Wildman–Crippen LogP) is 4.25. The van der Waals surface area contributed by atoms with E-state index in [9.17, 15) is 9.59 Å². The summed E-state index contributed by atoms with van der Waals surface area (Å²) in [5.74, 6) is -1.64. The van der Waals surface area contributed by atoms with Crippen LogP contribution in [0.5, 0.6) is 0 Å². The fraction of sp³-hybridized carbons (Fsp3) is 0.419. The molecule has 45 heavy (non-hydrogen) atoms. The van der Waals surface area contributed by atoms with Crippen molar-refractivity contribution in [1.29, 1.82) is 0 Å². The van der Waals surface area contributed by atoms with Crippen LogP contribution in [0.2, 0.25) is 0 Å². The van der Waals surface area contributed by atoms with E-state index in [2.05, 4.69) is 19.6 Å². The molecule has 2 aromatic carbocycles. The molecule has 0 amide bonds. The van der Waals surface area contributed by atoms with E-state index in [-0.39, 0.29) is 25.7 Å². The van der Waals surface area contributed by atoms with E-state index < -0.39 is 53.1 Å². The minimum absolute atomic E-state index is 0.0409. The van der Waals surface area contributed by atoms with Gasteiger partial charge in [0.05, 0.1) is 16.7 Å². The third-order valence-corrected chi connectivity index (χ3v) is 7.25. The lowest BCUT2D eigenvalue weighted by Gasteiger charge is -2.37. The van der Waals surface area contributed by atoms with Gasteiger partial charge in [-0.3, -0.25) is 30.4 Å². The second-order valence-electron chi connectivity index (χ2n) is 10.7. The van der Waals surface area contributed by atoms with E-state index in [1.54, 1.807) is 0 Å². The van der Waals surface area contributed by atoms with Gasteiger partial charge in [-0.05, 0) is 43.9 Å². The van der Waals surface area contributed by atoms with Crippen LogP contribution in [0.3, 0.4) is 0 Å². The Morgan fingerprint density at radius 2 is 1.42 bits per heavy atom. The number of carbonyl (C=O) groups is 2. The fourth-order valence-corrected chi connectivity index (χ4v) is 5.17. The summed E-state index contributed by atoms with van der Waals surface area (Å²) in [4.78, 5) is 44.9. The molecule has 4 N–H and O–H groups in total. The first-order valence-corrected chi connectivity index (χ1v) is 14.4. The highest BCUT2D eigenvalue weighted by Crippen LogP contribution is 2.41. The largest absolute Gasteiger partial charge is 0.425 e. The van der Waals surface area contributed by atoms with Crippen LogP contribution in [0.4, 0.5) is 0 Å². The smallest absolute Gasteiger partial charge is 0.313 e. The lowest BCUT2D eigenvalue weighted by Crippen LogP contribution is -2.42. The maximum atomic E-state index is 14.0. The summed E-state index contributed by atoms with van der Waals surface area (Å²) in [7, 11) is 0. The summed E-state index contributed by atoms with van der Waals surface area (Å²) in [6.07, 6.45) is -2.11. The van der Waals surface area contributed by atoms with Gasteiger partial charge in [-0.15, -0.1) is 0 Å². The van der Waals surface area contributed by atoms with E-state index in [1.165, 1.54) is 6.92 Å². The molecular weight excluding hydrogens is 588 g/mol. The Kier molecular flexibility index (Phi) is 13.5. The van der Waals surface area contributed by atoms with Crippen LogP contribution in [0.1, 0.15) is 61.4 Å². The molecule has 0 saturated carbocycles. The second-order valence-corrected chi connectivity index (χ2v) is 10.7. The number of aryl methyl sites for hydroxylation is 2. The molecule has 0 radical (unpaired) electrons. The molecule has 0 aliphatic heterocycles. The Bertz CT molecular complexity index is 1300. The van der Waals surface area contributed by atoms with Crippen molar-refractivity contribution in [2.75, 3.05) is 6.61 Å². The number of rotatable bonds is 17. The van der Waals surface area contributed by atoms with Crippen LogP contribution < -0.4 is 0 Å². The molecular formula is C31H40N4O10. The van der Waals surface area contributed by atoms with Gasteiger partial charge < -0.3 is 9.47 Å². The highest BCUT2D eigenvalue weighted by molar-refractivity contribution is 5.77. The number of esters is 2. The number of nitrogens with zero attached hydrogens (tertiary/aromatic N) is 4. The van der Waals surface area contributed by atoms with Crippen LogP contribution >= 0.6 is 0 Å². The molecule has 0 aliphatic carbocycles. The van der Waals surface area contributed by atoms with Crippen molar-refractivity contribution in [2.24, 2.45) is 5.92 Å². The Balaban J connectivity index is 1.78. The van der Waals surface area contributed by atoms with E-state index in [0.717, 1.165) is 22.5 Å². The van der Waals surface area contributed by atoms with Crippen LogP contribution in [-0.4, -0.2) is 72.5 Å². The lowest BCUT2D eigenvalue weighted by molar-refractivity contribution is -0.527. The van der Waals surface area contributed by atoms with Crippen LogP contribution in [-0.2, 0) is 40.6 Å². The summed E-state index contributed by atoms with van der Waals surface area (Å²) in [5, 5.41) is 34.1. The minimum Gasteiger partial charge on any atom is -0.425 e. The third-order valence-electron chi connectivity index (χ3n) is 7.25. The lowest BCUT2D eigenvalue weighted by atomic mass is 9.66. The van der Waals surface area contributed by atoms with Gasteiger partial charge >= 0.3 is 11.9 Å². The molecule has 1 aromatic heterocycles. The molecule has 244 valence electrons. The average Bonchev–Trinajstić information content (AvgIpc) is 2.98. The normalized spacial score (nSPS) is 13.8. The van der Waals surface area contributed by atoms with Gasteiger partial charge in [0, 0.05) is 36.6 Å². The molecule has 3 aromatic rings. The van der Waals surface area contributed by atoms with E-state index >= 15 is 0 Å². The standard InChI is InChI=1S/C31H40N4O10/c1-21-18-22(2)33-28(32-21)19-27(31(4,24-12-7-5-8-13-24)25-14-9-6-10-15-25)30(37)44-23(3)43-29(36)17-11-16-26(45-35(40)41)20-42-34(38)39/h5-10,12-15,18,23,26-27,38-41H,11,16-17,19-20H2,1-4H3/t23?,26?,27-/m1/s1. The molecule has 2 unspecified atom stereocenters. The second kappa shape index (κ2) is 17.0. The molecule has 0 aliphatic rings. The molecule has 3 rings (SSSR count). The summed E-state index contributed by atoms with van der Waals surface area (Å²) in [5.41, 5.74) is 2.41. The molecule has 0 bridgehead atoms. The Labute approximate surface area is 261 Å². The quantitative estimate of drug-likeness (QED) is 0.0944. The Morgan fingerprint density at radius 3 is 1.93 bits per heavy atom. The number of benzene rings is 2. The molecule has 3 atom stereocenters. The monoisotopic (exact) mass is 628 g/mol. The third kappa shape index (κ3) is 10.9. The van der Waals surface area contributed by atoms with Gasteiger partial charge in [0.25, 0.3) is 0 Å². The SMILES string of the molecule is Cc1cc(C)nc(C[C@H](C(=O)OC(C)OC(=O)CCCC(CON(O)O)ON(O)O)C(C)(c2ccccc2)c2ccccc2)n1. The van der Waals surface area contributed by atoms with E-state index in [0.29, 0.717) is 5.82 Å². The highest BCUT2D eigenvalue weighted by Gasteiger charge is 2.44. The van der Waals surface area contributed by atoms with Crippen molar-refractivity contribution in [3.63, 3.8) is 0 Å². The van der Waals surface area contributed by atoms with Gasteiger partial charge in [-0.1, -0.05) is 67.6 Å². The maximum absolute atomic E-state index is 14.0. The molecule has 14 heteroatoms. The Morgan fingerprint density at radius 1 is 0.867 bits per heavy atom. The van der Waals surface area contributed by atoms with Crippen molar-refractivity contribution in [1.82, 2.24) is 20.7 Å². The first-order valence-electron chi connectivity index (χ1n) is 14.4. The minimum atomic E-state index is -1.23. The fourth-order valence-electron chi connectivity index (χ4n) is 5.17. The van der Waals surface area contributed by atoms with Crippen molar-refractivity contribution >= 4 is 11.9 Å². The first kappa shape index (κ1) is 35.6. The summed E-state index contributed by atoms with van der Waals surface area (Å²) in [6.45, 7) is 6.66. The number of ether oxygens (including phenoxy) is 2. The summed E-state index contributed by atoms with van der Waals surface area (Å²) < 4.78 is 11.1. The zero-order valence-corrected chi connectivity index (χ0v) is 25.6. The number of aromatic nitrogens is 2. The van der Waals surface area contributed by atoms with Gasteiger partial charge in [-0.2, -0.15) is 0 Å². The van der Waals surface area contributed by atoms with Gasteiger partial charge in [0.15, 0.2) is 0 Å². The van der Waals surface area contributed by atoms with Crippen molar-refractivity contribution in [3.05, 3.63) is 95.1 Å². The van der Waals surface area contributed by atoms with E-state index in [1.807, 2.05) is 87.5 Å². The molecule has 0 fully saturated rings. The van der Waals surface area contributed by atoms with Crippen LogP contribution in [0.15, 0.2) is 66.7 Å². The molecule has 1 heterocycles. The number of hydrogen-bond acceptors (Lipinski definition) is 14. The zero-order chi connectivity index (χ0) is 33.0. The number of carbonyl (C=O) groups excluding carboxylic acids is 2. The van der Waals surface area contributed by atoms with Crippen LogP contribution in [0.25, 0.3) is 0 Å². The zero-order valence-electron chi connectivity index (χ0n) is 25.6. The van der Waals surface area contributed by atoms with Gasteiger partial charge in [0.1, 0.15) is 18.5 Å². The maximum Gasteiger partial charge on any atom is 0.313 e. The first-order chi connectivity index (χ1) is 21.4. The molecule has 0 saturated heterocycles. The van der Waals surface area contributed by atoms with Gasteiger partial charge in [0.2, 0.25) is 6.29 Å². The molecule has 14 nitrogen and oxygen atoms in total. The van der Waals surface area contributed by atoms with Crippen molar-refractivity contribution in [2.45, 2.75) is 71.2 Å². The highest BCUT2D eigenvalue weighted by atomic mass is 17.1. The predicted molar refractivity (Wildman–Crippen MR) is 155 cm³/mol. The summed E-state index contributed by atoms with van der Waals surface area (Å²) >= 11 is 0. The summed E-state index contributed by atoms with van der Waals surface area (Å²) in [6, 6.07) is 21.1. The Hall–Kier alpha value is -3.86. The van der Waals surface area contributed by atoms with Crippen molar-refractivity contribution < 1.29 is 49.6 Å². The van der Waals surface area contributed by atoms with E-state index in [4.69, 9.17) is 30.3 Å². The average molecular weight is 629 g/mol. The topological polar surface area (TPSA) is 184 Å². The van der Waals surface area contributed by atoms with Crippen molar-refractivity contribution in [3.8, 4) is 0 Å².